The number of amides is 2. The number of allylic oxidation sites excluding steroid dienone is 1. The maximum atomic E-state index is 12.5. The molecule has 0 bridgehead atoms. The van der Waals surface area contributed by atoms with Crippen LogP contribution in [0.3, 0.4) is 0 Å². The van der Waals surface area contributed by atoms with Gasteiger partial charge in [-0.15, -0.1) is 0 Å². The summed E-state index contributed by atoms with van der Waals surface area (Å²) in [5.41, 5.74) is 1.41. The van der Waals surface area contributed by atoms with Gasteiger partial charge in [0, 0.05) is 34.6 Å². The van der Waals surface area contributed by atoms with Crippen LogP contribution in [0.5, 0.6) is 5.88 Å². The minimum atomic E-state index is -2.95. The van der Waals surface area contributed by atoms with E-state index in [1.54, 1.807) is 6.07 Å². The van der Waals surface area contributed by atoms with Crippen molar-refractivity contribution in [3.63, 3.8) is 0 Å². The molecule has 2 amide bonds. The Morgan fingerprint density at radius 3 is 2.86 bits per heavy atom. The number of rotatable bonds is 6. The number of alkyl halides is 3. The summed E-state index contributed by atoms with van der Waals surface area (Å²) < 4.78 is 40.7. The fraction of sp³-hybridized carbons (Fsp3) is 0.385. The molecule has 2 N–H and O–H groups in total. The molecule has 5 nitrogen and oxygen atoms in total. The van der Waals surface area contributed by atoms with E-state index in [0.29, 0.717) is 18.5 Å². The molecule has 21 heavy (non-hydrogen) atoms. The summed E-state index contributed by atoms with van der Waals surface area (Å²) in [6.45, 7) is -2.51. The van der Waals surface area contributed by atoms with Gasteiger partial charge in [0.2, 0.25) is 5.88 Å². The molecular weight excluding hydrogens is 287 g/mol. The van der Waals surface area contributed by atoms with Crippen LogP contribution in [0, 0.1) is 0 Å². The van der Waals surface area contributed by atoms with Crippen molar-refractivity contribution in [3.8, 4) is 5.88 Å². The van der Waals surface area contributed by atoms with Crippen LogP contribution in [-0.4, -0.2) is 30.3 Å². The monoisotopic (exact) mass is 305 g/mol. The number of urea groups is 1. The van der Waals surface area contributed by atoms with E-state index in [1.165, 1.54) is 18.3 Å². The zero-order chi connectivity index (χ0) is 15.2. The number of pyridine rings is 1. The highest BCUT2D eigenvalue weighted by Gasteiger charge is 2.17. The van der Waals surface area contributed by atoms with E-state index >= 15 is 0 Å². The number of hydrogen-bond acceptors (Lipinski definition) is 3. The molecule has 0 aliphatic heterocycles. The van der Waals surface area contributed by atoms with Gasteiger partial charge in [-0.25, -0.2) is 14.2 Å². The minimum absolute atomic E-state index is 0. The first kappa shape index (κ1) is 15.1. The normalized spacial score (nSPS) is 17.0. The van der Waals surface area contributed by atoms with Crippen molar-refractivity contribution in [2.75, 3.05) is 6.54 Å². The summed E-state index contributed by atoms with van der Waals surface area (Å²) in [4.78, 5) is 15.1. The first-order chi connectivity index (χ1) is 10.0. The van der Waals surface area contributed by atoms with E-state index < -0.39 is 18.8 Å². The van der Waals surface area contributed by atoms with Gasteiger partial charge in [-0.1, -0.05) is 0 Å². The van der Waals surface area contributed by atoms with Crippen LogP contribution in [0.15, 0.2) is 30.0 Å². The predicted octanol–water partition coefficient (Wildman–Crippen LogP) is 2.64. The lowest BCUT2D eigenvalue weighted by Gasteiger charge is -2.19. The van der Waals surface area contributed by atoms with Gasteiger partial charge in [-0.2, -0.15) is 8.78 Å². The minimum Gasteiger partial charge on any atom is -0.417 e. The lowest BCUT2D eigenvalue weighted by molar-refractivity contribution is -0.0529. The maximum absolute atomic E-state index is 12.5. The smallest absolute Gasteiger partial charge is 0.388 e. The number of halogens is 3. The number of ether oxygens (including phenoxy) is 1. The molecule has 0 saturated carbocycles. The molecule has 0 unspecified atom stereocenters. The number of carbonyl (C=O) groups is 1. The average Bonchev–Trinajstić information content (AvgIpc) is 2.40. The maximum Gasteiger partial charge on any atom is 0.388 e. The van der Waals surface area contributed by atoms with E-state index in [-0.39, 0.29) is 15.3 Å². The topological polar surface area (TPSA) is 63.2 Å². The molecule has 0 spiro atoms. The molecule has 2 rings (SSSR count). The molecule has 8 heteroatoms. The average molecular weight is 305 g/mol. The van der Waals surface area contributed by atoms with Crippen LogP contribution in [-0.2, 0) is 6.54 Å². The number of nitrogens with zero attached hydrogens (tertiary/aromatic N) is 1. The van der Waals surface area contributed by atoms with E-state index in [4.69, 9.17) is 0 Å². The number of hydrogen-bond donors (Lipinski definition) is 2. The van der Waals surface area contributed by atoms with E-state index in [1.807, 2.05) is 0 Å². The third kappa shape index (κ3) is 4.97. The fourth-order valence-electron chi connectivity index (χ4n) is 1.76. The van der Waals surface area contributed by atoms with Crippen LogP contribution < -0.4 is 15.4 Å². The van der Waals surface area contributed by atoms with Gasteiger partial charge < -0.3 is 15.4 Å². The quantitative estimate of drug-likeness (QED) is 0.794. The van der Waals surface area contributed by atoms with Crippen molar-refractivity contribution in [1.82, 2.24) is 15.6 Å². The second-order valence-corrected chi connectivity index (χ2v) is 4.46. The summed E-state index contributed by atoms with van der Waals surface area (Å²) in [5, 5.41) is 5.12. The Labute approximate surface area is 122 Å². The van der Waals surface area contributed by atoms with Crippen LogP contribution >= 0.6 is 0 Å². The van der Waals surface area contributed by atoms with Crippen molar-refractivity contribution >= 4 is 6.03 Å². The lowest BCUT2D eigenvalue weighted by atomic mass is 9.97. The fourth-order valence-corrected chi connectivity index (χ4v) is 1.76. The third-order valence-corrected chi connectivity index (χ3v) is 2.81. The molecule has 1 aliphatic rings. The molecular formula is C13H18F3N3O2. The van der Waals surface area contributed by atoms with Crippen LogP contribution in [0.1, 0.15) is 14.8 Å². The Morgan fingerprint density at radius 1 is 1.48 bits per heavy atom. The zero-order valence-electron chi connectivity index (χ0n) is 11.0. The van der Waals surface area contributed by atoms with Crippen molar-refractivity contribution in [2.45, 2.75) is 25.7 Å². The number of nitrogens with one attached hydrogen (secondary N) is 2. The van der Waals surface area contributed by atoms with Gasteiger partial charge >= 0.3 is 12.6 Å². The second kappa shape index (κ2) is 6.96. The Morgan fingerprint density at radius 2 is 2.19 bits per heavy atom. The molecule has 1 heterocycles. The number of aromatic nitrogens is 1. The molecule has 0 fully saturated rings. The summed E-state index contributed by atoms with van der Waals surface area (Å²) in [5.74, 6) is -0.210. The highest BCUT2D eigenvalue weighted by molar-refractivity contribution is 5.74. The van der Waals surface area contributed by atoms with Gasteiger partial charge in [0.05, 0.1) is 0 Å². The van der Waals surface area contributed by atoms with E-state index in [9.17, 15) is 18.0 Å². The van der Waals surface area contributed by atoms with Crippen LogP contribution in [0.25, 0.3) is 0 Å². The summed E-state index contributed by atoms with van der Waals surface area (Å²) in [7, 11) is 0. The Balaban J connectivity index is 0.00000242. The second-order valence-electron chi connectivity index (χ2n) is 4.46. The molecule has 0 aromatic carbocycles. The lowest BCUT2D eigenvalue weighted by Crippen LogP contribution is -2.37. The molecule has 0 radical (unpaired) electrons. The van der Waals surface area contributed by atoms with Crippen LogP contribution in [0.2, 0.25) is 0 Å². The molecule has 1 aromatic heterocycles. The molecule has 1 aromatic rings. The van der Waals surface area contributed by atoms with Crippen LogP contribution in [0.4, 0.5) is 18.0 Å². The first-order valence-corrected chi connectivity index (χ1v) is 6.28. The summed E-state index contributed by atoms with van der Waals surface area (Å²) in [6, 6.07) is 2.46. The summed E-state index contributed by atoms with van der Waals surface area (Å²) in [6.07, 6.45) is 2.21. The SMILES string of the molecule is O=C(NCC1=C[C@H](F)C1)NCc1ccnc(OC(F)F)c1.[HH].[HH]. The first-order valence-electron chi connectivity index (χ1n) is 6.28. The largest absolute Gasteiger partial charge is 0.417 e. The Kier molecular flexibility index (Phi) is 5.02. The highest BCUT2D eigenvalue weighted by atomic mass is 19.3. The third-order valence-electron chi connectivity index (χ3n) is 2.81. The van der Waals surface area contributed by atoms with E-state index in [2.05, 4.69) is 20.4 Å². The van der Waals surface area contributed by atoms with Crippen molar-refractivity contribution < 1.29 is 25.6 Å². The molecule has 118 valence electrons. The van der Waals surface area contributed by atoms with Gasteiger partial charge in [-0.3, -0.25) is 0 Å². The number of carbonyl (C=O) groups excluding carboxylic acids is 1. The Hall–Kier alpha value is -2.25. The van der Waals surface area contributed by atoms with E-state index in [0.717, 1.165) is 5.57 Å². The molecule has 1 atom stereocenters. The highest BCUT2D eigenvalue weighted by Crippen LogP contribution is 2.20. The van der Waals surface area contributed by atoms with Gasteiger partial charge in [0.1, 0.15) is 6.17 Å². The zero-order valence-corrected chi connectivity index (χ0v) is 11.0. The predicted molar refractivity (Wildman–Crippen MR) is 72.9 cm³/mol. The molecule has 0 saturated heterocycles. The van der Waals surface area contributed by atoms with Crippen molar-refractivity contribution in [1.29, 1.82) is 0 Å². The Bertz CT molecular complexity index is 547. The summed E-state index contributed by atoms with van der Waals surface area (Å²) >= 11 is 0. The molecule has 1 aliphatic carbocycles. The van der Waals surface area contributed by atoms with Gasteiger partial charge in [-0.05, 0) is 23.3 Å². The standard InChI is InChI=1S/C13H14F3N3O2.2H2/c14-10-3-9(4-10)7-19-13(20)18-6-8-1-2-17-11(5-8)21-12(15)16;;/h1-3,5,10,12H,4,6-7H2,(H2,18,19,20);2*1H/t10-;;/m0../s1. The van der Waals surface area contributed by atoms with Crippen molar-refractivity contribution in [3.05, 3.63) is 35.5 Å². The van der Waals surface area contributed by atoms with Gasteiger partial charge in [0.25, 0.3) is 0 Å². The van der Waals surface area contributed by atoms with Crippen molar-refractivity contribution in [2.24, 2.45) is 0 Å². The van der Waals surface area contributed by atoms with Gasteiger partial charge in [0.15, 0.2) is 0 Å².